The van der Waals surface area contributed by atoms with Gasteiger partial charge in [-0.25, -0.2) is 4.98 Å². The van der Waals surface area contributed by atoms with Crippen molar-refractivity contribution in [2.75, 3.05) is 45.3 Å². The van der Waals surface area contributed by atoms with Gasteiger partial charge in [0, 0.05) is 19.3 Å². The molecule has 9 nitrogen and oxygen atoms in total. The van der Waals surface area contributed by atoms with Crippen molar-refractivity contribution in [1.82, 2.24) is 29.6 Å². The molecule has 1 aliphatic rings. The summed E-state index contributed by atoms with van der Waals surface area (Å²) in [4.78, 5) is 26.5. The second-order valence-corrected chi connectivity index (χ2v) is 10.8. The van der Waals surface area contributed by atoms with Crippen LogP contribution >= 0.6 is 0 Å². The van der Waals surface area contributed by atoms with Gasteiger partial charge in [-0.2, -0.15) is 5.10 Å². The Labute approximate surface area is 237 Å². The fourth-order valence-corrected chi connectivity index (χ4v) is 6.04. The van der Waals surface area contributed by atoms with E-state index in [1.807, 2.05) is 35.1 Å². The fraction of sp³-hybridized carbons (Fsp3) is 0.387. The molecule has 0 bridgehead atoms. The molecule has 1 fully saturated rings. The minimum Gasteiger partial charge on any atom is -0.496 e. The molecular formula is C31H36FN7O2. The van der Waals surface area contributed by atoms with E-state index >= 15 is 0 Å². The van der Waals surface area contributed by atoms with E-state index < -0.39 is 0 Å². The van der Waals surface area contributed by atoms with Gasteiger partial charge < -0.3 is 24.9 Å². The molecule has 0 radical (unpaired) electrons. The van der Waals surface area contributed by atoms with E-state index in [1.165, 1.54) is 5.56 Å². The van der Waals surface area contributed by atoms with Crippen LogP contribution in [0.25, 0.3) is 33.3 Å². The lowest BCUT2D eigenvalue weighted by atomic mass is 9.88. The van der Waals surface area contributed by atoms with Crippen LogP contribution in [-0.4, -0.2) is 69.6 Å². The molecule has 3 N–H and O–H groups in total. The smallest absolute Gasteiger partial charge is 0.261 e. The third-order valence-electron chi connectivity index (χ3n) is 8.17. The maximum absolute atomic E-state index is 13.0. The highest BCUT2D eigenvalue weighted by atomic mass is 19.1. The van der Waals surface area contributed by atoms with Gasteiger partial charge in [0.1, 0.15) is 17.1 Å². The molecule has 10 heteroatoms. The molecule has 0 atom stereocenters. The van der Waals surface area contributed by atoms with Gasteiger partial charge in [0.15, 0.2) is 0 Å². The Morgan fingerprint density at radius 2 is 2.02 bits per heavy atom. The van der Waals surface area contributed by atoms with Gasteiger partial charge in [0.05, 0.1) is 54.1 Å². The van der Waals surface area contributed by atoms with Crippen LogP contribution in [-0.2, 0) is 6.54 Å². The number of nitrogens with zero attached hydrogens (tertiary/aromatic N) is 4. The van der Waals surface area contributed by atoms with Crippen molar-refractivity contribution in [3.05, 3.63) is 70.3 Å². The van der Waals surface area contributed by atoms with Gasteiger partial charge in [0.2, 0.25) is 0 Å². The number of aromatic amines is 2. The Bertz CT molecular complexity index is 1720. The van der Waals surface area contributed by atoms with Crippen LogP contribution in [0.2, 0.25) is 0 Å². The minimum atomic E-state index is -0.253. The van der Waals surface area contributed by atoms with Crippen molar-refractivity contribution in [2.24, 2.45) is 0 Å². The molecule has 214 valence electrons. The molecule has 5 aromatic rings. The lowest BCUT2D eigenvalue weighted by Crippen LogP contribution is -2.33. The van der Waals surface area contributed by atoms with E-state index in [0.717, 1.165) is 65.7 Å². The number of aryl methyl sites for hydroxylation is 1. The highest BCUT2D eigenvalue weighted by Crippen LogP contribution is 2.33. The summed E-state index contributed by atoms with van der Waals surface area (Å²) in [6.07, 6.45) is 6.19. The number of likely N-dealkylation sites (tertiary alicyclic amines) is 1. The average Bonchev–Trinajstić information content (AvgIpc) is 3.61. The monoisotopic (exact) mass is 557 g/mol. The summed E-state index contributed by atoms with van der Waals surface area (Å²) in [7, 11) is 1.66. The normalized spacial score (nSPS) is 14.7. The number of alkyl halides is 1. The minimum absolute atomic E-state index is 0.207. The Morgan fingerprint density at radius 3 is 2.83 bits per heavy atom. The van der Waals surface area contributed by atoms with Gasteiger partial charge in [-0.3, -0.25) is 13.9 Å². The summed E-state index contributed by atoms with van der Waals surface area (Å²) in [5.41, 5.74) is 6.16. The van der Waals surface area contributed by atoms with Gasteiger partial charge in [0.25, 0.3) is 5.56 Å². The second-order valence-electron chi connectivity index (χ2n) is 10.8. The number of ether oxygens (including phenoxy) is 1. The van der Waals surface area contributed by atoms with Gasteiger partial charge in [-0.1, -0.05) is 12.1 Å². The number of aromatic nitrogens is 5. The van der Waals surface area contributed by atoms with Crippen LogP contribution in [0.1, 0.15) is 36.3 Å². The number of anilines is 1. The summed E-state index contributed by atoms with van der Waals surface area (Å²) < 4.78 is 20.0. The topological polar surface area (TPSA) is 104 Å². The molecule has 0 aliphatic carbocycles. The number of benzene rings is 2. The molecule has 1 aliphatic heterocycles. The molecule has 4 heterocycles. The summed E-state index contributed by atoms with van der Waals surface area (Å²) in [6, 6.07) is 12.2. The van der Waals surface area contributed by atoms with E-state index in [2.05, 4.69) is 44.3 Å². The van der Waals surface area contributed by atoms with Crippen molar-refractivity contribution < 1.29 is 9.13 Å². The van der Waals surface area contributed by atoms with Gasteiger partial charge in [-0.05, 0) is 80.6 Å². The highest BCUT2D eigenvalue weighted by Gasteiger charge is 2.22. The number of fused-ring (bicyclic) bond motifs is 2. The number of hydrogen-bond acceptors (Lipinski definition) is 6. The molecule has 6 rings (SSSR count). The number of methoxy groups -OCH3 is 1. The summed E-state index contributed by atoms with van der Waals surface area (Å²) in [6.45, 7) is 5.82. The lowest BCUT2D eigenvalue weighted by Gasteiger charge is -2.32. The van der Waals surface area contributed by atoms with Crippen LogP contribution in [0, 0.1) is 6.92 Å². The second kappa shape index (κ2) is 11.7. The maximum atomic E-state index is 13.0. The van der Waals surface area contributed by atoms with E-state index in [4.69, 9.17) is 9.72 Å². The zero-order chi connectivity index (χ0) is 28.3. The van der Waals surface area contributed by atoms with E-state index in [9.17, 15) is 9.18 Å². The van der Waals surface area contributed by atoms with Crippen molar-refractivity contribution in [1.29, 1.82) is 0 Å². The zero-order valence-electron chi connectivity index (χ0n) is 23.5. The van der Waals surface area contributed by atoms with Crippen LogP contribution in [0.15, 0.2) is 53.6 Å². The fourth-order valence-electron chi connectivity index (χ4n) is 6.04. The van der Waals surface area contributed by atoms with Gasteiger partial charge >= 0.3 is 0 Å². The van der Waals surface area contributed by atoms with E-state index in [-0.39, 0.29) is 12.2 Å². The number of halogens is 1. The molecule has 41 heavy (non-hydrogen) atoms. The first-order chi connectivity index (χ1) is 20.1. The Balaban J connectivity index is 1.21. The number of pyridine rings is 1. The Hall–Kier alpha value is -4.18. The molecule has 3 aromatic heterocycles. The van der Waals surface area contributed by atoms with Crippen LogP contribution in [0.4, 0.5) is 10.1 Å². The van der Waals surface area contributed by atoms with Crippen LogP contribution < -0.4 is 15.6 Å². The Kier molecular flexibility index (Phi) is 7.74. The number of H-pyrrole nitrogens is 2. The number of hydrogen-bond donors (Lipinski definition) is 3. The summed E-state index contributed by atoms with van der Waals surface area (Å²) in [5.74, 6) is 1.79. The van der Waals surface area contributed by atoms with Crippen molar-refractivity contribution in [2.45, 2.75) is 38.6 Å². The van der Waals surface area contributed by atoms with Gasteiger partial charge in [-0.15, -0.1) is 0 Å². The number of rotatable bonds is 10. The lowest BCUT2D eigenvalue weighted by molar-refractivity contribution is 0.204. The molecule has 0 saturated carbocycles. The molecule has 0 unspecified atom stereocenters. The molecule has 2 aromatic carbocycles. The van der Waals surface area contributed by atoms with Crippen molar-refractivity contribution in [3.8, 4) is 17.1 Å². The third-order valence-corrected chi connectivity index (χ3v) is 8.17. The first kappa shape index (κ1) is 27.0. The quantitative estimate of drug-likeness (QED) is 0.217. The number of piperidine rings is 1. The predicted octanol–water partition coefficient (Wildman–Crippen LogP) is 5.24. The number of nitrogens with one attached hydrogen (secondary N) is 3. The largest absolute Gasteiger partial charge is 0.496 e. The standard InChI is InChI=1S/C31H36FN7O2/c1-20-17-22(21-8-14-38(15-9-21)13-4-10-32)18-25-29(20)37-30(36-25)28-24(7-11-34-31(28)40)33-12-16-39-26-5-3-6-27(41-2)23(26)19-35-39/h3,5-7,11,17-19,21H,4,8-10,12-16H2,1-2H3,(H,36,37)(H2,33,34,40). The predicted molar refractivity (Wildman–Crippen MR) is 161 cm³/mol. The molecule has 0 amide bonds. The molecular weight excluding hydrogens is 521 g/mol. The van der Waals surface area contributed by atoms with E-state index in [1.54, 1.807) is 13.3 Å². The van der Waals surface area contributed by atoms with Crippen LogP contribution in [0.5, 0.6) is 5.75 Å². The van der Waals surface area contributed by atoms with Crippen molar-refractivity contribution in [3.63, 3.8) is 0 Å². The van der Waals surface area contributed by atoms with Crippen molar-refractivity contribution >= 4 is 27.6 Å². The number of imidazole rings is 1. The highest BCUT2D eigenvalue weighted by molar-refractivity contribution is 5.86. The molecule has 0 spiro atoms. The first-order valence-corrected chi connectivity index (χ1v) is 14.3. The van der Waals surface area contributed by atoms with Crippen LogP contribution in [0.3, 0.4) is 0 Å². The SMILES string of the molecule is COc1cccc2c1cnn2CCNc1cc[nH]c(=O)c1-c1nc2c(C)cc(C3CCN(CCCF)CC3)cc2[nH]1. The summed E-state index contributed by atoms with van der Waals surface area (Å²) >= 11 is 0. The third kappa shape index (κ3) is 5.44. The first-order valence-electron chi connectivity index (χ1n) is 14.3. The van der Waals surface area contributed by atoms with E-state index in [0.29, 0.717) is 42.5 Å². The zero-order valence-corrected chi connectivity index (χ0v) is 23.5. The maximum Gasteiger partial charge on any atom is 0.261 e. The average molecular weight is 558 g/mol. The Morgan fingerprint density at radius 1 is 1.17 bits per heavy atom. The summed E-state index contributed by atoms with van der Waals surface area (Å²) in [5, 5.41) is 8.92. The molecule has 1 saturated heterocycles.